The SMILES string of the molecule is CCCOCCC(=O)NC(C#N)C1CCCCC1. The van der Waals surface area contributed by atoms with Crippen LogP contribution >= 0.6 is 0 Å². The smallest absolute Gasteiger partial charge is 0.223 e. The number of hydrogen-bond acceptors (Lipinski definition) is 3. The van der Waals surface area contributed by atoms with Crippen molar-refractivity contribution in [2.75, 3.05) is 13.2 Å². The van der Waals surface area contributed by atoms with E-state index >= 15 is 0 Å². The molecule has 1 aliphatic carbocycles. The second-order valence-corrected chi connectivity index (χ2v) is 4.93. The fourth-order valence-corrected chi connectivity index (χ4v) is 2.38. The first-order valence-electron chi connectivity index (χ1n) is 7.04. The van der Waals surface area contributed by atoms with E-state index in [0.717, 1.165) is 19.3 Å². The van der Waals surface area contributed by atoms with E-state index in [1.807, 2.05) is 6.92 Å². The molecule has 0 spiro atoms. The largest absolute Gasteiger partial charge is 0.381 e. The van der Waals surface area contributed by atoms with Gasteiger partial charge >= 0.3 is 0 Å². The molecular weight excluding hydrogens is 228 g/mol. The number of carbonyl (C=O) groups excluding carboxylic acids is 1. The lowest BCUT2D eigenvalue weighted by Crippen LogP contribution is -2.40. The van der Waals surface area contributed by atoms with Crippen LogP contribution < -0.4 is 5.32 Å². The van der Waals surface area contributed by atoms with Gasteiger partial charge in [0, 0.05) is 13.0 Å². The Morgan fingerprint density at radius 2 is 2.11 bits per heavy atom. The maximum Gasteiger partial charge on any atom is 0.223 e. The highest BCUT2D eigenvalue weighted by Crippen LogP contribution is 2.26. The Kier molecular flexibility index (Phi) is 7.43. The van der Waals surface area contributed by atoms with Crippen molar-refractivity contribution in [2.45, 2.75) is 57.9 Å². The van der Waals surface area contributed by atoms with E-state index in [2.05, 4.69) is 11.4 Å². The molecule has 0 saturated heterocycles. The van der Waals surface area contributed by atoms with E-state index in [9.17, 15) is 4.79 Å². The first-order valence-corrected chi connectivity index (χ1v) is 7.04. The number of ether oxygens (including phenoxy) is 1. The molecule has 1 amide bonds. The van der Waals surface area contributed by atoms with E-state index in [4.69, 9.17) is 10.00 Å². The molecular formula is C14H24N2O2. The van der Waals surface area contributed by atoms with Crippen molar-refractivity contribution in [2.24, 2.45) is 5.92 Å². The average Bonchev–Trinajstić information content (AvgIpc) is 2.42. The molecule has 4 heteroatoms. The minimum atomic E-state index is -0.316. The standard InChI is InChI=1S/C14H24N2O2/c1-2-9-18-10-8-14(17)16-13(11-15)12-6-4-3-5-7-12/h12-13H,2-10H2,1H3,(H,16,17). The van der Waals surface area contributed by atoms with Crippen molar-refractivity contribution in [1.29, 1.82) is 5.26 Å². The predicted molar refractivity (Wildman–Crippen MR) is 69.8 cm³/mol. The number of nitriles is 1. The molecule has 1 aliphatic rings. The Bertz CT molecular complexity index is 280. The molecule has 1 unspecified atom stereocenters. The zero-order valence-electron chi connectivity index (χ0n) is 11.3. The Balaban J connectivity index is 2.24. The summed E-state index contributed by atoms with van der Waals surface area (Å²) >= 11 is 0. The number of nitrogens with zero attached hydrogens (tertiary/aromatic N) is 1. The minimum absolute atomic E-state index is 0.0665. The van der Waals surface area contributed by atoms with Crippen molar-refractivity contribution >= 4 is 5.91 Å². The number of amides is 1. The zero-order chi connectivity index (χ0) is 13.2. The van der Waals surface area contributed by atoms with Gasteiger partial charge in [0.15, 0.2) is 0 Å². The van der Waals surface area contributed by atoms with Crippen LogP contribution in [-0.2, 0) is 9.53 Å². The lowest BCUT2D eigenvalue weighted by Gasteiger charge is -2.26. The van der Waals surface area contributed by atoms with Crippen molar-refractivity contribution in [3.05, 3.63) is 0 Å². The Morgan fingerprint density at radius 3 is 2.72 bits per heavy atom. The molecule has 0 aliphatic heterocycles. The molecule has 18 heavy (non-hydrogen) atoms. The molecule has 1 rings (SSSR count). The molecule has 1 atom stereocenters. The van der Waals surface area contributed by atoms with Crippen LogP contribution in [0.15, 0.2) is 0 Å². The first-order chi connectivity index (χ1) is 8.77. The summed E-state index contributed by atoms with van der Waals surface area (Å²) in [5.74, 6) is 0.271. The van der Waals surface area contributed by atoms with Crippen molar-refractivity contribution < 1.29 is 9.53 Å². The van der Waals surface area contributed by atoms with E-state index in [-0.39, 0.29) is 11.9 Å². The molecule has 1 N–H and O–H groups in total. The molecule has 4 nitrogen and oxygen atoms in total. The first kappa shape index (κ1) is 15.0. The molecule has 0 aromatic rings. The monoisotopic (exact) mass is 252 g/mol. The number of carbonyl (C=O) groups is 1. The van der Waals surface area contributed by atoms with Gasteiger partial charge < -0.3 is 10.1 Å². The molecule has 1 fully saturated rings. The van der Waals surface area contributed by atoms with Gasteiger partial charge in [-0.05, 0) is 25.2 Å². The predicted octanol–water partition coefficient (Wildman–Crippen LogP) is 2.39. The van der Waals surface area contributed by atoms with Gasteiger partial charge in [-0.25, -0.2) is 0 Å². The van der Waals surface area contributed by atoms with Crippen LogP contribution in [0, 0.1) is 17.2 Å². The fraction of sp³-hybridized carbons (Fsp3) is 0.857. The van der Waals surface area contributed by atoms with Gasteiger partial charge in [0.2, 0.25) is 5.91 Å². The fourth-order valence-electron chi connectivity index (χ4n) is 2.38. The van der Waals surface area contributed by atoms with Crippen molar-refractivity contribution in [1.82, 2.24) is 5.32 Å². The molecule has 0 heterocycles. The van der Waals surface area contributed by atoms with Crippen molar-refractivity contribution in [3.63, 3.8) is 0 Å². The third-order valence-electron chi connectivity index (χ3n) is 3.40. The highest BCUT2D eigenvalue weighted by Gasteiger charge is 2.24. The van der Waals surface area contributed by atoms with Crippen LogP contribution in [0.5, 0.6) is 0 Å². The summed E-state index contributed by atoms with van der Waals surface area (Å²) in [6.45, 7) is 3.18. The van der Waals surface area contributed by atoms with Crippen LogP contribution in [0.25, 0.3) is 0 Å². The summed E-state index contributed by atoms with van der Waals surface area (Å²) in [6.07, 6.45) is 7.05. The van der Waals surface area contributed by atoms with Gasteiger partial charge in [0.1, 0.15) is 6.04 Å². The molecule has 0 bridgehead atoms. The summed E-state index contributed by atoms with van der Waals surface area (Å²) in [5, 5.41) is 12.0. The van der Waals surface area contributed by atoms with Crippen LogP contribution in [-0.4, -0.2) is 25.2 Å². The van der Waals surface area contributed by atoms with Crippen LogP contribution in [0.3, 0.4) is 0 Å². The van der Waals surface area contributed by atoms with Crippen LogP contribution in [0.2, 0.25) is 0 Å². The van der Waals surface area contributed by atoms with Crippen LogP contribution in [0.1, 0.15) is 51.9 Å². The summed E-state index contributed by atoms with van der Waals surface area (Å²) in [5.41, 5.74) is 0. The third kappa shape index (κ3) is 5.50. The van der Waals surface area contributed by atoms with Gasteiger partial charge in [-0.2, -0.15) is 5.26 Å². The van der Waals surface area contributed by atoms with Gasteiger partial charge in [-0.3, -0.25) is 4.79 Å². The van der Waals surface area contributed by atoms with Crippen LogP contribution in [0.4, 0.5) is 0 Å². The Hall–Kier alpha value is -1.08. The zero-order valence-corrected chi connectivity index (χ0v) is 11.3. The minimum Gasteiger partial charge on any atom is -0.381 e. The maximum absolute atomic E-state index is 11.7. The highest BCUT2D eigenvalue weighted by atomic mass is 16.5. The molecule has 0 aromatic heterocycles. The number of hydrogen-bond donors (Lipinski definition) is 1. The number of nitrogens with one attached hydrogen (secondary N) is 1. The Labute approximate surface area is 110 Å². The molecule has 102 valence electrons. The second-order valence-electron chi connectivity index (χ2n) is 4.93. The topological polar surface area (TPSA) is 62.1 Å². The maximum atomic E-state index is 11.7. The average molecular weight is 252 g/mol. The summed E-state index contributed by atoms with van der Waals surface area (Å²) < 4.78 is 5.27. The van der Waals surface area contributed by atoms with E-state index in [0.29, 0.717) is 25.6 Å². The molecule has 0 radical (unpaired) electrons. The third-order valence-corrected chi connectivity index (χ3v) is 3.40. The van der Waals surface area contributed by atoms with E-state index < -0.39 is 0 Å². The number of rotatable bonds is 7. The molecule has 1 saturated carbocycles. The lowest BCUT2D eigenvalue weighted by atomic mass is 9.84. The summed E-state index contributed by atoms with van der Waals surface area (Å²) in [6, 6.07) is 1.92. The van der Waals surface area contributed by atoms with E-state index in [1.165, 1.54) is 19.3 Å². The lowest BCUT2D eigenvalue weighted by molar-refractivity contribution is -0.122. The second kappa shape index (κ2) is 8.93. The van der Waals surface area contributed by atoms with Gasteiger partial charge in [-0.1, -0.05) is 26.2 Å². The van der Waals surface area contributed by atoms with Crippen molar-refractivity contribution in [3.8, 4) is 6.07 Å². The molecule has 0 aromatic carbocycles. The van der Waals surface area contributed by atoms with Gasteiger partial charge in [0.05, 0.1) is 12.7 Å². The Morgan fingerprint density at radius 1 is 1.39 bits per heavy atom. The van der Waals surface area contributed by atoms with E-state index in [1.54, 1.807) is 0 Å². The van der Waals surface area contributed by atoms with Gasteiger partial charge in [-0.15, -0.1) is 0 Å². The van der Waals surface area contributed by atoms with Gasteiger partial charge in [0.25, 0.3) is 0 Å². The summed E-state index contributed by atoms with van der Waals surface area (Å²) in [4.78, 5) is 11.7. The summed E-state index contributed by atoms with van der Waals surface area (Å²) in [7, 11) is 0. The quantitative estimate of drug-likeness (QED) is 0.708. The normalized spacial score (nSPS) is 18.0. The highest BCUT2D eigenvalue weighted by molar-refractivity contribution is 5.76.